The van der Waals surface area contributed by atoms with Crippen molar-refractivity contribution in [1.29, 1.82) is 0 Å². The fraction of sp³-hybridized carbons (Fsp3) is 0.615. The third-order valence-corrected chi connectivity index (χ3v) is 4.49. The van der Waals surface area contributed by atoms with Gasteiger partial charge in [-0.15, -0.1) is 0 Å². The van der Waals surface area contributed by atoms with Gasteiger partial charge in [-0.25, -0.2) is 9.55 Å². The van der Waals surface area contributed by atoms with E-state index in [-0.39, 0.29) is 22.9 Å². The van der Waals surface area contributed by atoms with E-state index >= 15 is 0 Å². The summed E-state index contributed by atoms with van der Waals surface area (Å²) in [6.07, 6.45) is -2.94. The maximum Gasteiger partial charge on any atom is 0.469 e. The summed E-state index contributed by atoms with van der Waals surface area (Å²) < 4.78 is 22.1. The number of nitrogens with two attached hydrogens (primary N) is 1. The Morgan fingerprint density at radius 2 is 2.11 bits per heavy atom. The Labute approximate surface area is 153 Å². The van der Waals surface area contributed by atoms with Crippen molar-refractivity contribution in [2.45, 2.75) is 37.9 Å². The molecule has 7 N–H and O–H groups in total. The van der Waals surface area contributed by atoms with Crippen LogP contribution in [0.1, 0.15) is 19.6 Å². The second-order valence-corrected chi connectivity index (χ2v) is 7.26. The first-order valence-corrected chi connectivity index (χ1v) is 9.70. The Kier molecular flexibility index (Phi) is 5.63. The van der Waals surface area contributed by atoms with E-state index in [1.165, 1.54) is 10.9 Å². The summed E-state index contributed by atoms with van der Waals surface area (Å²) in [6, 6.07) is 0. The Morgan fingerprint density at radius 1 is 1.37 bits per heavy atom. The molecule has 0 spiro atoms. The van der Waals surface area contributed by atoms with Crippen LogP contribution in [0.4, 0.5) is 11.8 Å². The molecule has 0 amide bonds. The summed E-state index contributed by atoms with van der Waals surface area (Å²) in [5.74, 6) is 0.407. The minimum atomic E-state index is -4.74. The Bertz CT molecular complexity index is 857. The van der Waals surface area contributed by atoms with Crippen LogP contribution in [0.25, 0.3) is 11.2 Å². The molecule has 1 saturated heterocycles. The van der Waals surface area contributed by atoms with E-state index in [1.54, 1.807) is 0 Å². The lowest BCUT2D eigenvalue weighted by Crippen LogP contribution is -2.33. The van der Waals surface area contributed by atoms with E-state index in [2.05, 4.69) is 24.8 Å². The number of hydrogen-bond acceptors (Lipinski definition) is 10. The summed E-state index contributed by atoms with van der Waals surface area (Å²) in [6.45, 7) is 2.00. The molecule has 0 aliphatic carbocycles. The molecule has 2 aromatic rings. The lowest BCUT2D eigenvalue weighted by molar-refractivity contribution is -0.0503. The van der Waals surface area contributed by atoms with Gasteiger partial charge in [0.25, 0.3) is 0 Å². The molecule has 4 atom stereocenters. The van der Waals surface area contributed by atoms with E-state index in [0.29, 0.717) is 6.54 Å². The minimum Gasteiger partial charge on any atom is -0.387 e. The number of nitrogens with one attached hydrogen (secondary N) is 1. The van der Waals surface area contributed by atoms with Gasteiger partial charge in [-0.05, 0) is 6.42 Å². The van der Waals surface area contributed by atoms with E-state index < -0.39 is 39.0 Å². The zero-order chi connectivity index (χ0) is 19.8. The molecule has 0 saturated carbocycles. The zero-order valence-electron chi connectivity index (χ0n) is 14.3. The van der Waals surface area contributed by atoms with Crippen LogP contribution in [0.5, 0.6) is 0 Å². The average Bonchev–Trinajstić information content (AvgIpc) is 3.13. The van der Waals surface area contributed by atoms with Crippen molar-refractivity contribution in [3.8, 4) is 0 Å². The number of aliphatic hydroxyl groups is 2. The molecule has 14 heteroatoms. The number of hydrogen-bond donors (Lipinski definition) is 6. The quantitative estimate of drug-likeness (QED) is 0.307. The maximum atomic E-state index is 10.8. The summed E-state index contributed by atoms with van der Waals surface area (Å²) in [5.41, 5.74) is 6.46. The average molecular weight is 404 g/mol. The first kappa shape index (κ1) is 19.9. The number of aliphatic hydroxyl groups excluding tert-OH is 2. The van der Waals surface area contributed by atoms with Crippen LogP contribution in [-0.4, -0.2) is 71.0 Å². The number of nitrogens with zero attached hydrogens (tertiary/aromatic N) is 4. The molecule has 3 heterocycles. The fourth-order valence-electron chi connectivity index (χ4n) is 2.71. The number of anilines is 2. The monoisotopic (exact) mass is 404 g/mol. The summed E-state index contributed by atoms with van der Waals surface area (Å²) in [4.78, 5) is 30.1. The number of fused-ring (bicyclic) bond motifs is 1. The molecule has 2 aromatic heterocycles. The number of nitrogen functional groups attached to an aromatic ring is 1. The van der Waals surface area contributed by atoms with Gasteiger partial charge in [0.15, 0.2) is 17.7 Å². The lowest BCUT2D eigenvalue weighted by atomic mass is 10.1. The van der Waals surface area contributed by atoms with Gasteiger partial charge in [0.2, 0.25) is 5.95 Å². The summed E-state index contributed by atoms with van der Waals surface area (Å²) in [7, 11) is -4.74. The van der Waals surface area contributed by atoms with E-state index in [9.17, 15) is 14.8 Å². The first-order valence-electron chi connectivity index (χ1n) is 8.17. The van der Waals surface area contributed by atoms with Crippen molar-refractivity contribution in [2.75, 3.05) is 24.2 Å². The highest BCUT2D eigenvalue weighted by atomic mass is 31.2. The number of phosphoric ester groups is 1. The highest BCUT2D eigenvalue weighted by Gasteiger charge is 2.45. The van der Waals surface area contributed by atoms with Crippen LogP contribution in [0, 0.1) is 0 Å². The van der Waals surface area contributed by atoms with E-state index in [4.69, 9.17) is 20.3 Å². The van der Waals surface area contributed by atoms with Crippen molar-refractivity contribution >= 4 is 30.8 Å². The SMILES string of the molecule is CCCNc1nc(N)c2ncn([C@@H]3O[C@H](COP(=O)(O)O)[C@@H](O)[C@H]3O)c2n1. The van der Waals surface area contributed by atoms with Crippen LogP contribution in [0.15, 0.2) is 6.33 Å². The molecular formula is C13H21N6O7P. The molecule has 3 rings (SSSR count). The minimum absolute atomic E-state index is 0.131. The number of aromatic nitrogens is 4. The van der Waals surface area contributed by atoms with Crippen molar-refractivity contribution in [2.24, 2.45) is 0 Å². The number of phosphoric acid groups is 1. The van der Waals surface area contributed by atoms with Crippen LogP contribution in [0.3, 0.4) is 0 Å². The number of ether oxygens (including phenoxy) is 1. The van der Waals surface area contributed by atoms with Crippen molar-refractivity contribution in [1.82, 2.24) is 19.5 Å². The van der Waals surface area contributed by atoms with Crippen LogP contribution in [-0.2, 0) is 13.8 Å². The fourth-order valence-corrected chi connectivity index (χ4v) is 3.05. The molecule has 0 aromatic carbocycles. The van der Waals surface area contributed by atoms with Gasteiger partial charge in [0.05, 0.1) is 12.9 Å². The first-order chi connectivity index (χ1) is 12.7. The predicted molar refractivity (Wildman–Crippen MR) is 92.4 cm³/mol. The predicted octanol–water partition coefficient (Wildman–Crippen LogP) is -1.04. The number of rotatable bonds is 7. The van der Waals surface area contributed by atoms with Gasteiger partial charge in [-0.1, -0.05) is 6.92 Å². The van der Waals surface area contributed by atoms with E-state index in [1.807, 2.05) is 6.92 Å². The zero-order valence-corrected chi connectivity index (χ0v) is 15.2. The molecule has 27 heavy (non-hydrogen) atoms. The van der Waals surface area contributed by atoms with Gasteiger partial charge in [0, 0.05) is 6.54 Å². The standard InChI is InChI=1S/C13H21N6O7P/c1-2-3-15-13-17-10(14)7-11(18-13)19(5-16-7)12-9(21)8(20)6(26-12)4-25-27(22,23)24/h5-6,8-9,12,20-21H,2-4H2,1H3,(H2,22,23,24)(H3,14,15,17,18)/t6-,8-,9-,12-/m1/s1. The van der Waals surface area contributed by atoms with Crippen molar-refractivity contribution in [3.05, 3.63) is 6.33 Å². The highest BCUT2D eigenvalue weighted by Crippen LogP contribution is 2.39. The molecular weight excluding hydrogens is 383 g/mol. The molecule has 0 bridgehead atoms. The van der Waals surface area contributed by atoms with Crippen molar-refractivity contribution in [3.63, 3.8) is 0 Å². The largest absolute Gasteiger partial charge is 0.469 e. The lowest BCUT2D eigenvalue weighted by Gasteiger charge is -2.17. The normalized spacial score (nSPS) is 26.0. The number of imidazole rings is 1. The van der Waals surface area contributed by atoms with Crippen LogP contribution in [0.2, 0.25) is 0 Å². The molecule has 0 unspecified atom stereocenters. The van der Waals surface area contributed by atoms with Gasteiger partial charge in [-0.2, -0.15) is 9.97 Å². The molecule has 13 nitrogen and oxygen atoms in total. The van der Waals surface area contributed by atoms with Gasteiger partial charge in [0.1, 0.15) is 23.8 Å². The Balaban J connectivity index is 1.88. The third-order valence-electron chi connectivity index (χ3n) is 4.00. The van der Waals surface area contributed by atoms with Gasteiger partial charge < -0.3 is 35.8 Å². The molecule has 1 aliphatic rings. The second kappa shape index (κ2) is 7.64. The Hall–Kier alpha value is -1.86. The Morgan fingerprint density at radius 3 is 2.78 bits per heavy atom. The molecule has 0 radical (unpaired) electrons. The molecule has 1 aliphatic heterocycles. The highest BCUT2D eigenvalue weighted by molar-refractivity contribution is 7.46. The van der Waals surface area contributed by atoms with Crippen molar-refractivity contribution < 1.29 is 33.8 Å². The van der Waals surface area contributed by atoms with Crippen LogP contribution >= 0.6 is 7.82 Å². The van der Waals surface area contributed by atoms with E-state index in [0.717, 1.165) is 6.42 Å². The van der Waals surface area contributed by atoms with Gasteiger partial charge >= 0.3 is 7.82 Å². The van der Waals surface area contributed by atoms with Gasteiger partial charge in [-0.3, -0.25) is 9.09 Å². The summed E-state index contributed by atoms with van der Waals surface area (Å²) in [5, 5.41) is 23.4. The topological polar surface area (TPSA) is 198 Å². The smallest absolute Gasteiger partial charge is 0.387 e. The van der Waals surface area contributed by atoms with Crippen LogP contribution < -0.4 is 11.1 Å². The maximum absolute atomic E-state index is 10.8. The summed E-state index contributed by atoms with van der Waals surface area (Å²) >= 11 is 0. The molecule has 150 valence electrons. The third kappa shape index (κ3) is 4.19. The molecule has 1 fully saturated rings. The second-order valence-electron chi connectivity index (χ2n) is 6.02.